The number of rotatable bonds is 4. The molecule has 0 fully saturated rings. The van der Waals surface area contributed by atoms with E-state index in [0.717, 1.165) is 15.6 Å². The second kappa shape index (κ2) is 7.97. The lowest BCUT2D eigenvalue weighted by Gasteiger charge is -2.15. The molecule has 2 aromatic carbocycles. The van der Waals surface area contributed by atoms with Crippen LogP contribution in [0.25, 0.3) is 0 Å². The van der Waals surface area contributed by atoms with Gasteiger partial charge < -0.3 is 4.74 Å². The number of carbonyl (C=O) groups is 2. The number of ether oxygens (including phenoxy) is 1. The molecule has 1 unspecified atom stereocenters. The predicted octanol–water partition coefficient (Wildman–Crippen LogP) is 3.29. The van der Waals surface area contributed by atoms with Crippen molar-refractivity contribution in [2.75, 3.05) is 0 Å². The lowest BCUT2D eigenvalue weighted by molar-refractivity contribution is -0.128. The van der Waals surface area contributed by atoms with Gasteiger partial charge in [0.2, 0.25) is 0 Å². The van der Waals surface area contributed by atoms with Crippen molar-refractivity contribution in [1.82, 2.24) is 10.9 Å². The zero-order valence-electron chi connectivity index (χ0n) is 13.7. The van der Waals surface area contributed by atoms with Crippen molar-refractivity contribution >= 4 is 27.7 Å². The smallest absolute Gasteiger partial charge is 0.279 e. The Kier molecular flexibility index (Phi) is 5.98. The fourth-order valence-corrected chi connectivity index (χ4v) is 2.35. The van der Waals surface area contributed by atoms with E-state index in [2.05, 4.69) is 26.8 Å². The summed E-state index contributed by atoms with van der Waals surface area (Å²) in [5.41, 5.74) is 7.26. The molecule has 0 bridgehead atoms. The Labute approximate surface area is 149 Å². The van der Waals surface area contributed by atoms with E-state index < -0.39 is 17.9 Å². The van der Waals surface area contributed by atoms with Crippen LogP contribution in [0.1, 0.15) is 28.4 Å². The summed E-state index contributed by atoms with van der Waals surface area (Å²) in [5, 5.41) is 0. The summed E-state index contributed by atoms with van der Waals surface area (Å²) in [7, 11) is 0. The first-order chi connectivity index (χ1) is 11.4. The summed E-state index contributed by atoms with van der Waals surface area (Å²) in [4.78, 5) is 24.1. The van der Waals surface area contributed by atoms with Crippen LogP contribution in [-0.2, 0) is 4.79 Å². The van der Waals surface area contributed by atoms with Gasteiger partial charge in [0.25, 0.3) is 11.8 Å². The molecule has 2 amide bonds. The zero-order chi connectivity index (χ0) is 17.7. The number of benzene rings is 2. The standard InChI is InChI=1S/C18H19BrN2O3/c1-11-5-4-6-15(9-11)24-13(3)17(22)20-21-18(23)14-8-7-12(2)16(19)10-14/h4-10,13H,1-3H3,(H,20,22)(H,21,23). The van der Waals surface area contributed by atoms with Gasteiger partial charge in [-0.15, -0.1) is 0 Å². The van der Waals surface area contributed by atoms with Gasteiger partial charge in [0.15, 0.2) is 6.10 Å². The Morgan fingerprint density at radius 3 is 2.50 bits per heavy atom. The number of aryl methyl sites for hydroxylation is 2. The number of amides is 2. The highest BCUT2D eigenvalue weighted by Crippen LogP contribution is 2.17. The highest BCUT2D eigenvalue weighted by molar-refractivity contribution is 9.10. The zero-order valence-corrected chi connectivity index (χ0v) is 15.3. The Balaban J connectivity index is 1.89. The van der Waals surface area contributed by atoms with Crippen LogP contribution in [0.4, 0.5) is 0 Å². The molecule has 126 valence electrons. The third-order valence-corrected chi connectivity index (χ3v) is 4.26. The molecule has 0 heterocycles. The van der Waals surface area contributed by atoms with Gasteiger partial charge in [-0.2, -0.15) is 0 Å². The molecular formula is C18H19BrN2O3. The van der Waals surface area contributed by atoms with E-state index in [1.807, 2.05) is 38.1 Å². The summed E-state index contributed by atoms with van der Waals surface area (Å²) >= 11 is 3.37. The second-order valence-electron chi connectivity index (χ2n) is 5.48. The van der Waals surface area contributed by atoms with Crippen molar-refractivity contribution in [1.29, 1.82) is 0 Å². The minimum absolute atomic E-state index is 0.396. The highest BCUT2D eigenvalue weighted by atomic mass is 79.9. The van der Waals surface area contributed by atoms with Crippen LogP contribution >= 0.6 is 15.9 Å². The Hall–Kier alpha value is -2.34. The number of hydrogen-bond acceptors (Lipinski definition) is 3. The first-order valence-corrected chi connectivity index (χ1v) is 8.26. The summed E-state index contributed by atoms with van der Waals surface area (Å²) in [6.07, 6.45) is -0.739. The molecule has 0 radical (unpaired) electrons. The lowest BCUT2D eigenvalue weighted by Crippen LogP contribution is -2.47. The summed E-state index contributed by atoms with van der Waals surface area (Å²) in [6.45, 7) is 5.49. The molecule has 0 aliphatic heterocycles. The van der Waals surface area contributed by atoms with Gasteiger partial charge in [0.1, 0.15) is 5.75 Å². The minimum Gasteiger partial charge on any atom is -0.481 e. The number of nitrogens with one attached hydrogen (secondary N) is 2. The highest BCUT2D eigenvalue weighted by Gasteiger charge is 2.16. The van der Waals surface area contributed by atoms with E-state index in [1.54, 1.807) is 25.1 Å². The molecular weight excluding hydrogens is 372 g/mol. The maximum atomic E-state index is 12.1. The number of halogens is 1. The van der Waals surface area contributed by atoms with Gasteiger partial charge >= 0.3 is 0 Å². The molecule has 6 heteroatoms. The Morgan fingerprint density at radius 2 is 1.83 bits per heavy atom. The van der Waals surface area contributed by atoms with E-state index in [9.17, 15) is 9.59 Å². The van der Waals surface area contributed by atoms with Crippen LogP contribution in [0.5, 0.6) is 5.75 Å². The minimum atomic E-state index is -0.739. The normalized spacial score (nSPS) is 11.5. The first-order valence-electron chi connectivity index (χ1n) is 7.46. The molecule has 0 aliphatic rings. The van der Waals surface area contributed by atoms with Gasteiger partial charge in [0, 0.05) is 10.0 Å². The molecule has 2 rings (SSSR count). The van der Waals surface area contributed by atoms with Crippen LogP contribution < -0.4 is 15.6 Å². The van der Waals surface area contributed by atoms with Crippen molar-refractivity contribution < 1.29 is 14.3 Å². The molecule has 0 aromatic heterocycles. The molecule has 0 spiro atoms. The molecule has 2 N–H and O–H groups in total. The third-order valence-electron chi connectivity index (χ3n) is 3.40. The van der Waals surface area contributed by atoms with E-state index in [0.29, 0.717) is 11.3 Å². The van der Waals surface area contributed by atoms with Gasteiger partial charge in [-0.25, -0.2) is 0 Å². The van der Waals surface area contributed by atoms with Crippen LogP contribution in [0.3, 0.4) is 0 Å². The molecule has 24 heavy (non-hydrogen) atoms. The van der Waals surface area contributed by atoms with Crippen molar-refractivity contribution in [3.05, 3.63) is 63.6 Å². The number of carbonyl (C=O) groups excluding carboxylic acids is 2. The van der Waals surface area contributed by atoms with Crippen molar-refractivity contribution in [3.63, 3.8) is 0 Å². The maximum absolute atomic E-state index is 12.1. The van der Waals surface area contributed by atoms with Crippen molar-refractivity contribution in [3.8, 4) is 5.75 Å². The predicted molar refractivity (Wildman–Crippen MR) is 95.8 cm³/mol. The average molecular weight is 391 g/mol. The summed E-state index contributed by atoms with van der Waals surface area (Å²) in [6, 6.07) is 12.6. The second-order valence-corrected chi connectivity index (χ2v) is 6.34. The Bertz CT molecular complexity index is 762. The maximum Gasteiger partial charge on any atom is 0.279 e. The largest absolute Gasteiger partial charge is 0.481 e. The third kappa shape index (κ3) is 4.83. The SMILES string of the molecule is Cc1cccc(OC(C)C(=O)NNC(=O)c2ccc(C)c(Br)c2)c1. The Morgan fingerprint density at radius 1 is 1.08 bits per heavy atom. The van der Waals surface area contributed by atoms with Gasteiger partial charge in [-0.05, 0) is 56.2 Å². The molecule has 5 nitrogen and oxygen atoms in total. The van der Waals surface area contributed by atoms with Gasteiger partial charge in [0.05, 0.1) is 0 Å². The topological polar surface area (TPSA) is 67.4 Å². The van der Waals surface area contributed by atoms with Crippen molar-refractivity contribution in [2.24, 2.45) is 0 Å². The fourth-order valence-electron chi connectivity index (χ4n) is 1.97. The fraction of sp³-hybridized carbons (Fsp3) is 0.222. The van der Waals surface area contributed by atoms with Gasteiger partial charge in [-0.3, -0.25) is 20.4 Å². The van der Waals surface area contributed by atoms with Crippen LogP contribution in [0.15, 0.2) is 46.9 Å². The van der Waals surface area contributed by atoms with E-state index in [-0.39, 0.29) is 0 Å². The molecule has 2 aromatic rings. The first kappa shape index (κ1) is 18.0. The van der Waals surface area contributed by atoms with Crippen molar-refractivity contribution in [2.45, 2.75) is 26.9 Å². The number of hydrazine groups is 1. The average Bonchev–Trinajstić information content (AvgIpc) is 2.54. The lowest BCUT2D eigenvalue weighted by atomic mass is 10.1. The quantitative estimate of drug-likeness (QED) is 0.786. The monoisotopic (exact) mass is 390 g/mol. The summed E-state index contributed by atoms with van der Waals surface area (Å²) in [5.74, 6) is -0.228. The van der Waals surface area contributed by atoms with Crippen LogP contribution in [-0.4, -0.2) is 17.9 Å². The van der Waals surface area contributed by atoms with Gasteiger partial charge in [-0.1, -0.05) is 34.1 Å². The molecule has 1 atom stereocenters. The van der Waals surface area contributed by atoms with E-state index in [4.69, 9.17) is 4.74 Å². The van der Waals surface area contributed by atoms with Crippen LogP contribution in [0, 0.1) is 13.8 Å². The van der Waals surface area contributed by atoms with Crippen LogP contribution in [0.2, 0.25) is 0 Å². The van der Waals surface area contributed by atoms with E-state index >= 15 is 0 Å². The summed E-state index contributed by atoms with van der Waals surface area (Å²) < 4.78 is 6.39. The van der Waals surface area contributed by atoms with E-state index in [1.165, 1.54) is 0 Å². The molecule has 0 aliphatic carbocycles. The molecule has 0 saturated heterocycles. The molecule has 0 saturated carbocycles. The number of hydrogen-bond donors (Lipinski definition) is 2.